The lowest BCUT2D eigenvalue weighted by molar-refractivity contribution is 0.353. The molecule has 3 aromatic carbocycles. The monoisotopic (exact) mass is 478 g/mol. The van der Waals surface area contributed by atoms with Gasteiger partial charge in [-0.2, -0.15) is 0 Å². The Balaban J connectivity index is 1.80. The van der Waals surface area contributed by atoms with Gasteiger partial charge < -0.3 is 33.7 Å². The van der Waals surface area contributed by atoms with Crippen molar-refractivity contribution < 1.29 is 28.4 Å². The minimum Gasteiger partial charge on any atom is -0.493 e. The average Bonchev–Trinajstić information content (AvgIpc) is 3.37. The van der Waals surface area contributed by atoms with Crippen LogP contribution in [0.1, 0.15) is 28.8 Å². The van der Waals surface area contributed by atoms with Crippen molar-refractivity contribution in [1.29, 1.82) is 0 Å². The zero-order valence-corrected chi connectivity index (χ0v) is 20.7. The topological polar surface area (TPSA) is 79.8 Å². The molecule has 4 rings (SSSR count). The number of rotatable bonds is 9. The Labute approximate surface area is 205 Å². The first-order valence-corrected chi connectivity index (χ1v) is 11.1. The molecule has 1 aliphatic rings. The van der Waals surface area contributed by atoms with Crippen molar-refractivity contribution in [3.8, 4) is 34.5 Å². The van der Waals surface area contributed by atoms with E-state index in [0.717, 1.165) is 22.5 Å². The van der Waals surface area contributed by atoms with E-state index in [2.05, 4.69) is 5.32 Å². The third-order valence-electron chi connectivity index (χ3n) is 6.05. The van der Waals surface area contributed by atoms with Crippen molar-refractivity contribution in [2.75, 3.05) is 42.7 Å². The highest BCUT2D eigenvalue weighted by Gasteiger charge is 2.33. The maximum Gasteiger partial charge on any atom is 0.161 e. The van der Waals surface area contributed by atoms with Crippen molar-refractivity contribution in [2.45, 2.75) is 12.1 Å². The van der Waals surface area contributed by atoms with Crippen LogP contribution in [0.2, 0.25) is 0 Å². The summed E-state index contributed by atoms with van der Waals surface area (Å²) in [6.07, 6.45) is 0. The third-order valence-corrected chi connectivity index (χ3v) is 6.05. The lowest BCUT2D eigenvalue weighted by atomic mass is 9.94. The van der Waals surface area contributed by atoms with Crippen molar-refractivity contribution in [2.24, 2.45) is 4.99 Å². The Morgan fingerprint density at radius 3 is 1.54 bits per heavy atom. The zero-order chi connectivity index (χ0) is 24.9. The Morgan fingerprint density at radius 1 is 0.543 bits per heavy atom. The minimum absolute atomic E-state index is 0.170. The molecular formula is C27H30N2O6. The van der Waals surface area contributed by atoms with Crippen LogP contribution in [0, 0.1) is 0 Å². The molecule has 184 valence electrons. The summed E-state index contributed by atoms with van der Waals surface area (Å²) < 4.78 is 32.9. The average molecular weight is 479 g/mol. The van der Waals surface area contributed by atoms with Gasteiger partial charge in [-0.05, 0) is 53.6 Å². The Bertz CT molecular complexity index is 1230. The molecule has 0 amide bonds. The number of amidine groups is 1. The molecule has 0 spiro atoms. The molecule has 1 heterocycles. The summed E-state index contributed by atoms with van der Waals surface area (Å²) in [4.78, 5) is 5.09. The van der Waals surface area contributed by atoms with E-state index in [1.807, 2.05) is 54.6 Å². The Morgan fingerprint density at radius 2 is 1.00 bits per heavy atom. The van der Waals surface area contributed by atoms with E-state index in [4.69, 9.17) is 33.4 Å². The minimum atomic E-state index is -0.240. The zero-order valence-electron chi connectivity index (χ0n) is 20.7. The van der Waals surface area contributed by atoms with Gasteiger partial charge in [-0.15, -0.1) is 0 Å². The summed E-state index contributed by atoms with van der Waals surface area (Å²) >= 11 is 0. The van der Waals surface area contributed by atoms with Gasteiger partial charge in [0.2, 0.25) is 0 Å². The van der Waals surface area contributed by atoms with Gasteiger partial charge in [-0.3, -0.25) is 4.99 Å². The van der Waals surface area contributed by atoms with Crippen LogP contribution in [-0.4, -0.2) is 48.5 Å². The molecular weight excluding hydrogens is 448 g/mol. The van der Waals surface area contributed by atoms with Crippen LogP contribution in [-0.2, 0) is 0 Å². The molecule has 35 heavy (non-hydrogen) atoms. The highest BCUT2D eigenvalue weighted by Crippen LogP contribution is 2.42. The van der Waals surface area contributed by atoms with Crippen LogP contribution in [0.4, 0.5) is 0 Å². The van der Waals surface area contributed by atoms with Gasteiger partial charge in [0.15, 0.2) is 34.5 Å². The highest BCUT2D eigenvalue weighted by molar-refractivity contribution is 6.01. The summed E-state index contributed by atoms with van der Waals surface area (Å²) in [6, 6.07) is 17.1. The van der Waals surface area contributed by atoms with E-state index < -0.39 is 0 Å². The number of methoxy groups -OCH3 is 6. The van der Waals surface area contributed by atoms with Gasteiger partial charge in [-0.1, -0.05) is 12.1 Å². The highest BCUT2D eigenvalue weighted by atomic mass is 16.5. The fourth-order valence-corrected chi connectivity index (χ4v) is 4.23. The molecule has 8 heteroatoms. The van der Waals surface area contributed by atoms with Gasteiger partial charge in [-0.25, -0.2) is 0 Å². The number of hydrogen-bond acceptors (Lipinski definition) is 8. The fraction of sp³-hybridized carbons (Fsp3) is 0.296. The van der Waals surface area contributed by atoms with E-state index in [9.17, 15) is 0 Å². The van der Waals surface area contributed by atoms with Gasteiger partial charge in [0.05, 0.1) is 48.7 Å². The number of aliphatic imine (C=N–C) groups is 1. The maximum atomic E-state index is 5.55. The van der Waals surface area contributed by atoms with Crippen molar-refractivity contribution in [3.63, 3.8) is 0 Å². The second-order valence-corrected chi connectivity index (χ2v) is 7.84. The quantitative estimate of drug-likeness (QED) is 0.483. The first kappa shape index (κ1) is 24.1. The summed E-state index contributed by atoms with van der Waals surface area (Å²) in [5.74, 6) is 4.65. The summed E-state index contributed by atoms with van der Waals surface area (Å²) in [6.45, 7) is 0. The van der Waals surface area contributed by atoms with E-state index in [1.54, 1.807) is 42.7 Å². The first-order valence-electron chi connectivity index (χ1n) is 11.1. The number of nitrogens with one attached hydrogen (secondary N) is 1. The number of nitrogens with zero attached hydrogens (tertiary/aromatic N) is 1. The molecule has 0 saturated heterocycles. The van der Waals surface area contributed by atoms with Crippen LogP contribution in [0.15, 0.2) is 59.6 Å². The molecule has 0 fully saturated rings. The number of ether oxygens (including phenoxy) is 6. The summed E-state index contributed by atoms with van der Waals surface area (Å²) in [5, 5.41) is 3.60. The molecule has 0 aromatic heterocycles. The van der Waals surface area contributed by atoms with E-state index in [1.165, 1.54) is 0 Å². The van der Waals surface area contributed by atoms with E-state index >= 15 is 0 Å². The fourth-order valence-electron chi connectivity index (χ4n) is 4.23. The normalized spacial score (nSPS) is 16.7. The van der Waals surface area contributed by atoms with Crippen LogP contribution in [0.5, 0.6) is 34.5 Å². The van der Waals surface area contributed by atoms with Gasteiger partial charge in [0, 0.05) is 5.56 Å². The standard InChI is InChI=1S/C27H30N2O6/c1-30-19-10-7-16(13-22(19)33-4)25-26(17-8-11-20(31-2)23(14-17)34-5)29-27(28-25)18-9-12-21(32-3)24(15-18)35-6/h7-15,25-26H,1-6H3,(H,28,29)/t25-,26+. The lowest BCUT2D eigenvalue weighted by Crippen LogP contribution is -2.25. The largest absolute Gasteiger partial charge is 0.493 e. The summed E-state index contributed by atoms with van der Waals surface area (Å²) in [5.41, 5.74) is 2.86. The lowest BCUT2D eigenvalue weighted by Gasteiger charge is -2.22. The molecule has 1 N–H and O–H groups in total. The predicted molar refractivity (Wildman–Crippen MR) is 134 cm³/mol. The second kappa shape index (κ2) is 10.5. The van der Waals surface area contributed by atoms with Crippen molar-refractivity contribution >= 4 is 5.84 Å². The number of benzene rings is 3. The second-order valence-electron chi connectivity index (χ2n) is 7.84. The Hall–Kier alpha value is -4.07. The third kappa shape index (κ3) is 4.64. The molecule has 8 nitrogen and oxygen atoms in total. The van der Waals surface area contributed by atoms with E-state index in [-0.39, 0.29) is 12.1 Å². The number of hydrogen-bond donors (Lipinski definition) is 1. The van der Waals surface area contributed by atoms with Crippen LogP contribution < -0.4 is 33.7 Å². The maximum absolute atomic E-state index is 5.55. The molecule has 1 aliphatic heterocycles. The molecule has 0 saturated carbocycles. The SMILES string of the molecule is COc1ccc(C2=N[C@H](c3ccc(OC)c(OC)c3)[C@H](c3ccc(OC)c(OC)c3)N2)cc1OC. The molecule has 2 atom stereocenters. The molecule has 0 unspecified atom stereocenters. The van der Waals surface area contributed by atoms with Gasteiger partial charge in [0.25, 0.3) is 0 Å². The predicted octanol–water partition coefficient (Wildman–Crippen LogP) is 4.57. The molecule has 3 aromatic rings. The van der Waals surface area contributed by atoms with Crippen LogP contribution in [0.3, 0.4) is 0 Å². The molecule has 0 bridgehead atoms. The van der Waals surface area contributed by atoms with Gasteiger partial charge in [0.1, 0.15) is 11.9 Å². The smallest absolute Gasteiger partial charge is 0.161 e. The van der Waals surface area contributed by atoms with Crippen molar-refractivity contribution in [1.82, 2.24) is 5.32 Å². The van der Waals surface area contributed by atoms with Crippen LogP contribution in [0.25, 0.3) is 0 Å². The summed E-state index contributed by atoms with van der Waals surface area (Å²) in [7, 11) is 9.72. The molecule has 0 aliphatic carbocycles. The Kier molecular flexibility index (Phi) is 7.19. The van der Waals surface area contributed by atoms with Gasteiger partial charge >= 0.3 is 0 Å². The molecule has 0 radical (unpaired) electrons. The van der Waals surface area contributed by atoms with E-state index in [0.29, 0.717) is 34.5 Å². The van der Waals surface area contributed by atoms with Crippen LogP contribution >= 0.6 is 0 Å². The van der Waals surface area contributed by atoms with Crippen molar-refractivity contribution in [3.05, 3.63) is 71.3 Å². The first-order chi connectivity index (χ1) is 17.1.